The molecule has 0 aliphatic rings. The summed E-state index contributed by atoms with van der Waals surface area (Å²) < 4.78 is 17.2. The Bertz CT molecular complexity index is 1020. The SMILES string of the molecule is CC/C=C\C/C=C\C/C=C\C/C=C\C/C=C\C/C=C\CCC(=O)O[C@H](COCCCCCCCCCCCCCCCCCC)COC(=O)CCCCCCC. The van der Waals surface area contributed by atoms with Crippen LogP contribution in [0.25, 0.3) is 0 Å². The van der Waals surface area contributed by atoms with Gasteiger partial charge in [-0.15, -0.1) is 0 Å². The predicted octanol–water partition coefficient (Wildman–Crippen LogP) is 15.6. The number of carbonyl (C=O) groups excluding carboxylic acids is 2. The molecule has 0 aromatic rings. The third-order valence-corrected chi connectivity index (χ3v) is 9.77. The van der Waals surface area contributed by atoms with Gasteiger partial charge in [0.2, 0.25) is 0 Å². The number of unbranched alkanes of at least 4 members (excludes halogenated alkanes) is 19. The fourth-order valence-electron chi connectivity index (χ4n) is 6.30. The lowest BCUT2D eigenvalue weighted by molar-refractivity contribution is -0.162. The molecular weight excluding hydrogens is 693 g/mol. The van der Waals surface area contributed by atoms with E-state index in [0.717, 1.165) is 70.6 Å². The molecule has 1 atom stereocenters. The van der Waals surface area contributed by atoms with Crippen molar-refractivity contribution in [1.29, 1.82) is 0 Å². The number of esters is 2. The molecule has 322 valence electrons. The Morgan fingerprint density at radius 3 is 1.25 bits per heavy atom. The first-order chi connectivity index (χ1) is 27.6. The normalized spacial score (nSPS) is 12.8. The maximum absolute atomic E-state index is 12.7. The van der Waals surface area contributed by atoms with Gasteiger partial charge < -0.3 is 14.2 Å². The van der Waals surface area contributed by atoms with E-state index in [4.69, 9.17) is 14.2 Å². The largest absolute Gasteiger partial charge is 0.462 e. The van der Waals surface area contributed by atoms with Crippen molar-refractivity contribution >= 4 is 11.9 Å². The predicted molar refractivity (Wildman–Crippen MR) is 242 cm³/mol. The van der Waals surface area contributed by atoms with Crippen LogP contribution in [0.3, 0.4) is 0 Å². The summed E-state index contributed by atoms with van der Waals surface area (Å²) in [7, 11) is 0. The Morgan fingerprint density at radius 1 is 0.411 bits per heavy atom. The molecule has 0 unspecified atom stereocenters. The molecule has 0 aliphatic heterocycles. The van der Waals surface area contributed by atoms with E-state index in [0.29, 0.717) is 25.9 Å². The van der Waals surface area contributed by atoms with Gasteiger partial charge >= 0.3 is 11.9 Å². The van der Waals surface area contributed by atoms with E-state index in [1.54, 1.807) is 0 Å². The van der Waals surface area contributed by atoms with Crippen molar-refractivity contribution < 1.29 is 23.8 Å². The number of hydrogen-bond donors (Lipinski definition) is 0. The summed E-state index contributed by atoms with van der Waals surface area (Å²) in [5, 5.41) is 0. The van der Waals surface area contributed by atoms with Crippen molar-refractivity contribution in [2.75, 3.05) is 19.8 Å². The molecule has 0 aliphatic carbocycles. The zero-order chi connectivity index (χ0) is 40.7. The number of carbonyl (C=O) groups is 2. The summed E-state index contributed by atoms with van der Waals surface area (Å²) in [6, 6.07) is 0. The highest BCUT2D eigenvalue weighted by Gasteiger charge is 2.17. The van der Waals surface area contributed by atoms with E-state index in [1.165, 1.54) is 103 Å². The van der Waals surface area contributed by atoms with E-state index < -0.39 is 6.10 Å². The number of rotatable bonds is 42. The number of hydrogen-bond acceptors (Lipinski definition) is 5. The lowest BCUT2D eigenvalue weighted by Crippen LogP contribution is -2.30. The number of allylic oxidation sites excluding steroid dienone is 12. The quantitative estimate of drug-likeness (QED) is 0.0351. The van der Waals surface area contributed by atoms with Gasteiger partial charge in [0, 0.05) is 19.4 Å². The Hall–Kier alpha value is -2.66. The molecule has 0 rings (SSSR count). The van der Waals surface area contributed by atoms with Crippen LogP contribution in [0.4, 0.5) is 0 Å². The highest BCUT2D eigenvalue weighted by atomic mass is 16.6. The molecule has 0 amide bonds. The molecule has 0 spiro atoms. The van der Waals surface area contributed by atoms with Gasteiger partial charge in [-0.3, -0.25) is 9.59 Å². The fourth-order valence-corrected chi connectivity index (χ4v) is 6.30. The molecule has 0 saturated carbocycles. The Morgan fingerprint density at radius 2 is 0.804 bits per heavy atom. The van der Waals surface area contributed by atoms with E-state index in [9.17, 15) is 9.59 Å². The molecule has 56 heavy (non-hydrogen) atoms. The summed E-state index contributed by atoms with van der Waals surface area (Å²) in [6.07, 6.45) is 59.5. The molecule has 5 heteroatoms. The minimum atomic E-state index is -0.571. The van der Waals surface area contributed by atoms with Crippen LogP contribution >= 0.6 is 0 Å². The monoisotopic (exact) mass is 781 g/mol. The van der Waals surface area contributed by atoms with Crippen molar-refractivity contribution in [2.45, 2.75) is 219 Å². The van der Waals surface area contributed by atoms with E-state index >= 15 is 0 Å². The van der Waals surface area contributed by atoms with Crippen LogP contribution in [0, 0.1) is 0 Å². The standard InChI is InChI=1S/C51H88O5/c1-4-7-10-13-15-17-19-21-23-25-26-27-28-30-32-34-36-39-42-45-51(53)56-49(48-55-50(52)44-41-38-12-9-6-3)47-54-46-43-40-37-35-33-31-29-24-22-20-18-16-14-11-8-5-2/h7,10,15,17,21,23,26-27,30,32,36,39,49H,4-6,8-9,11-14,16,18-20,22,24-25,28-29,31,33-35,37-38,40-48H2,1-3H3/b10-7-,17-15-,23-21-,27-26-,32-30-,39-36-/t49-/m1/s1. The van der Waals surface area contributed by atoms with Gasteiger partial charge in [-0.2, -0.15) is 0 Å². The molecule has 0 aromatic carbocycles. The minimum Gasteiger partial charge on any atom is -0.462 e. The molecule has 0 N–H and O–H groups in total. The fraction of sp³-hybridized carbons (Fsp3) is 0.725. The lowest BCUT2D eigenvalue weighted by Gasteiger charge is -2.18. The van der Waals surface area contributed by atoms with E-state index in [-0.39, 0.29) is 25.2 Å². The summed E-state index contributed by atoms with van der Waals surface area (Å²) in [5.74, 6) is -0.505. The lowest BCUT2D eigenvalue weighted by atomic mass is 10.0. The smallest absolute Gasteiger partial charge is 0.306 e. The zero-order valence-electron chi connectivity index (χ0n) is 36.9. The van der Waals surface area contributed by atoms with Gasteiger partial charge in [0.05, 0.1) is 6.61 Å². The second kappa shape index (κ2) is 46.7. The van der Waals surface area contributed by atoms with Crippen LogP contribution in [0.15, 0.2) is 72.9 Å². The highest BCUT2D eigenvalue weighted by Crippen LogP contribution is 2.14. The molecule has 0 saturated heterocycles. The molecule has 0 heterocycles. The van der Waals surface area contributed by atoms with E-state index in [1.807, 2.05) is 6.08 Å². The zero-order valence-corrected chi connectivity index (χ0v) is 36.9. The maximum Gasteiger partial charge on any atom is 0.306 e. The van der Waals surface area contributed by atoms with Gasteiger partial charge in [0.1, 0.15) is 6.61 Å². The van der Waals surface area contributed by atoms with Gasteiger partial charge in [-0.25, -0.2) is 0 Å². The average molecular weight is 781 g/mol. The molecule has 0 bridgehead atoms. The Balaban J connectivity index is 4.22. The Labute approximate surface area is 347 Å². The first-order valence-electron chi connectivity index (χ1n) is 23.5. The van der Waals surface area contributed by atoms with Crippen molar-refractivity contribution in [1.82, 2.24) is 0 Å². The minimum absolute atomic E-state index is 0.0540. The maximum atomic E-state index is 12.7. The van der Waals surface area contributed by atoms with Crippen LogP contribution in [-0.2, 0) is 23.8 Å². The van der Waals surface area contributed by atoms with Gasteiger partial charge in [-0.1, -0.05) is 216 Å². The highest BCUT2D eigenvalue weighted by molar-refractivity contribution is 5.70. The first-order valence-corrected chi connectivity index (χ1v) is 23.5. The van der Waals surface area contributed by atoms with Crippen molar-refractivity contribution in [3.05, 3.63) is 72.9 Å². The van der Waals surface area contributed by atoms with Crippen LogP contribution in [-0.4, -0.2) is 37.9 Å². The summed E-state index contributed by atoms with van der Waals surface area (Å²) >= 11 is 0. The molecule has 0 radical (unpaired) electrons. The van der Waals surface area contributed by atoms with Crippen LogP contribution in [0.5, 0.6) is 0 Å². The number of ether oxygens (including phenoxy) is 3. The first kappa shape index (κ1) is 53.3. The van der Waals surface area contributed by atoms with Gasteiger partial charge in [0.25, 0.3) is 0 Å². The van der Waals surface area contributed by atoms with Crippen LogP contribution in [0.1, 0.15) is 213 Å². The topological polar surface area (TPSA) is 61.8 Å². The molecule has 0 aromatic heterocycles. The van der Waals surface area contributed by atoms with Gasteiger partial charge in [-0.05, 0) is 57.8 Å². The average Bonchev–Trinajstić information content (AvgIpc) is 3.20. The third kappa shape index (κ3) is 44.1. The van der Waals surface area contributed by atoms with Crippen molar-refractivity contribution in [2.24, 2.45) is 0 Å². The summed E-state index contributed by atoms with van der Waals surface area (Å²) in [5.41, 5.74) is 0. The van der Waals surface area contributed by atoms with E-state index in [2.05, 4.69) is 87.6 Å². The van der Waals surface area contributed by atoms with Crippen molar-refractivity contribution in [3.8, 4) is 0 Å². The second-order valence-electron chi connectivity index (χ2n) is 15.3. The molecule has 0 fully saturated rings. The van der Waals surface area contributed by atoms with Crippen LogP contribution < -0.4 is 0 Å². The van der Waals surface area contributed by atoms with Crippen molar-refractivity contribution in [3.63, 3.8) is 0 Å². The summed E-state index contributed by atoms with van der Waals surface area (Å²) in [6.45, 7) is 7.57. The Kier molecular flexibility index (Phi) is 44.5. The third-order valence-electron chi connectivity index (χ3n) is 9.77. The molecule has 5 nitrogen and oxygen atoms in total. The van der Waals surface area contributed by atoms with Crippen LogP contribution in [0.2, 0.25) is 0 Å². The van der Waals surface area contributed by atoms with Gasteiger partial charge in [0.15, 0.2) is 6.10 Å². The molecular formula is C51H88O5. The summed E-state index contributed by atoms with van der Waals surface area (Å²) in [4.78, 5) is 25.0. The second-order valence-corrected chi connectivity index (χ2v) is 15.3.